The number of carbonyl (C=O) groups is 3. The number of thiophene rings is 1. The number of carbonyl (C=O) groups excluding carboxylic acids is 2. The number of halogens is 1. The van der Waals surface area contributed by atoms with Gasteiger partial charge in [-0.15, -0.1) is 23.1 Å². The molecular formula is C14H13IN2O4S2. The second-order valence-electron chi connectivity index (χ2n) is 5.10. The van der Waals surface area contributed by atoms with Crippen molar-refractivity contribution in [3.8, 4) is 0 Å². The van der Waals surface area contributed by atoms with Gasteiger partial charge in [0.15, 0.2) is 0 Å². The number of nitrogens with zero attached hydrogens (tertiary/aromatic N) is 1. The first kappa shape index (κ1) is 16.8. The molecule has 122 valence electrons. The van der Waals surface area contributed by atoms with Crippen LogP contribution in [0.4, 0.5) is 0 Å². The number of hydrogen-bond donors (Lipinski definition) is 2. The van der Waals surface area contributed by atoms with Crippen molar-refractivity contribution in [3.63, 3.8) is 0 Å². The monoisotopic (exact) mass is 464 g/mol. The molecule has 2 amide bonds. The first-order valence-corrected chi connectivity index (χ1v) is 10.3. The SMILES string of the molecule is O=C(Cc1cccs1)N[C@@H]1C(=O)N2C(C(=O)O)=C(CI)CS[C@@H]12. The van der Waals surface area contributed by atoms with Crippen molar-refractivity contribution >= 4 is 63.5 Å². The molecule has 2 aliphatic heterocycles. The Morgan fingerprint density at radius 2 is 2.26 bits per heavy atom. The van der Waals surface area contributed by atoms with E-state index in [0.29, 0.717) is 10.2 Å². The second kappa shape index (κ2) is 6.81. The highest BCUT2D eigenvalue weighted by Gasteiger charge is 2.53. The summed E-state index contributed by atoms with van der Waals surface area (Å²) in [5.74, 6) is -1.08. The maximum atomic E-state index is 12.3. The smallest absolute Gasteiger partial charge is 0.352 e. The number of carboxylic acid groups (broad SMARTS) is 1. The van der Waals surface area contributed by atoms with E-state index in [1.165, 1.54) is 28.0 Å². The van der Waals surface area contributed by atoms with Gasteiger partial charge in [-0.2, -0.15) is 0 Å². The minimum atomic E-state index is -1.08. The average molecular weight is 464 g/mol. The van der Waals surface area contributed by atoms with Crippen molar-refractivity contribution in [1.29, 1.82) is 0 Å². The lowest BCUT2D eigenvalue weighted by Crippen LogP contribution is -2.70. The predicted octanol–water partition coefficient (Wildman–Crippen LogP) is 1.46. The molecule has 0 radical (unpaired) electrons. The fourth-order valence-electron chi connectivity index (χ4n) is 2.58. The van der Waals surface area contributed by atoms with Crippen molar-refractivity contribution in [1.82, 2.24) is 10.2 Å². The molecular weight excluding hydrogens is 451 g/mol. The molecule has 0 saturated carbocycles. The fraction of sp³-hybridized carbons (Fsp3) is 0.357. The molecule has 9 heteroatoms. The van der Waals surface area contributed by atoms with E-state index in [9.17, 15) is 19.5 Å². The lowest BCUT2D eigenvalue weighted by atomic mass is 10.0. The third kappa shape index (κ3) is 3.13. The lowest BCUT2D eigenvalue weighted by Gasteiger charge is -2.49. The standard InChI is InChI=1S/C14H13IN2O4S2/c15-5-7-6-23-13-10(12(19)17(13)11(7)14(20)21)16-9(18)4-8-2-1-3-22-8/h1-3,10,13H,4-6H2,(H,16,18)(H,20,21)/t10-,13+/m1/s1. The van der Waals surface area contributed by atoms with Crippen LogP contribution >= 0.6 is 45.7 Å². The molecule has 1 aromatic heterocycles. The Morgan fingerprint density at radius 1 is 1.48 bits per heavy atom. The zero-order valence-electron chi connectivity index (χ0n) is 11.8. The fourth-order valence-corrected chi connectivity index (χ4v) is 5.63. The van der Waals surface area contributed by atoms with Gasteiger partial charge in [0.25, 0.3) is 5.91 Å². The quantitative estimate of drug-likeness (QED) is 0.392. The minimum Gasteiger partial charge on any atom is -0.477 e. The molecule has 0 aliphatic carbocycles. The number of carboxylic acids is 1. The Labute approximate surface area is 154 Å². The Bertz CT molecular complexity index is 689. The first-order valence-electron chi connectivity index (χ1n) is 6.80. The highest BCUT2D eigenvalue weighted by atomic mass is 127. The van der Waals surface area contributed by atoms with Crippen LogP contribution in [0, 0.1) is 0 Å². The molecule has 0 spiro atoms. The van der Waals surface area contributed by atoms with Gasteiger partial charge in [0, 0.05) is 15.1 Å². The summed E-state index contributed by atoms with van der Waals surface area (Å²) < 4.78 is 0.568. The van der Waals surface area contributed by atoms with Gasteiger partial charge in [-0.3, -0.25) is 14.5 Å². The van der Waals surface area contributed by atoms with Crippen LogP contribution in [0.5, 0.6) is 0 Å². The molecule has 3 rings (SSSR count). The number of fused-ring (bicyclic) bond motifs is 1. The number of β-lactam (4-membered cyclic amide) rings is 1. The van der Waals surface area contributed by atoms with Crippen molar-refractivity contribution in [3.05, 3.63) is 33.7 Å². The van der Waals surface area contributed by atoms with Gasteiger partial charge in [-0.05, 0) is 17.0 Å². The van der Waals surface area contributed by atoms with E-state index in [0.717, 1.165) is 10.5 Å². The van der Waals surface area contributed by atoms with Gasteiger partial charge in [0.2, 0.25) is 5.91 Å². The van der Waals surface area contributed by atoms with Gasteiger partial charge in [0.05, 0.1) is 6.42 Å². The minimum absolute atomic E-state index is 0.0805. The Morgan fingerprint density at radius 3 is 2.87 bits per heavy atom. The normalized spacial score (nSPS) is 23.3. The number of alkyl halides is 1. The molecule has 2 N–H and O–H groups in total. The van der Waals surface area contributed by atoms with E-state index >= 15 is 0 Å². The summed E-state index contributed by atoms with van der Waals surface area (Å²) in [6, 6.07) is 3.10. The molecule has 0 aromatic carbocycles. The third-order valence-corrected chi connectivity index (χ3v) is 6.78. The molecule has 23 heavy (non-hydrogen) atoms. The Kier molecular flexibility index (Phi) is 4.97. The van der Waals surface area contributed by atoms with Crippen LogP contribution in [0.25, 0.3) is 0 Å². The summed E-state index contributed by atoms with van der Waals surface area (Å²) in [4.78, 5) is 38.1. The summed E-state index contributed by atoms with van der Waals surface area (Å²) in [5.41, 5.74) is 0.827. The predicted molar refractivity (Wildman–Crippen MR) is 96.6 cm³/mol. The summed E-state index contributed by atoms with van der Waals surface area (Å²) in [6.07, 6.45) is 0.236. The number of rotatable bonds is 5. The molecule has 1 saturated heterocycles. The maximum Gasteiger partial charge on any atom is 0.352 e. The third-order valence-electron chi connectivity index (χ3n) is 3.64. The van der Waals surface area contributed by atoms with Crippen LogP contribution < -0.4 is 5.32 Å². The first-order chi connectivity index (χ1) is 11.0. The van der Waals surface area contributed by atoms with E-state index in [4.69, 9.17) is 0 Å². The average Bonchev–Trinajstić information content (AvgIpc) is 3.03. The van der Waals surface area contributed by atoms with Crippen LogP contribution in [0.15, 0.2) is 28.8 Å². The molecule has 3 heterocycles. The largest absolute Gasteiger partial charge is 0.477 e. The van der Waals surface area contributed by atoms with Gasteiger partial charge in [0.1, 0.15) is 17.1 Å². The molecule has 2 atom stereocenters. The zero-order valence-corrected chi connectivity index (χ0v) is 15.6. The zero-order chi connectivity index (χ0) is 16.6. The molecule has 1 fully saturated rings. The van der Waals surface area contributed by atoms with Crippen molar-refractivity contribution in [2.24, 2.45) is 0 Å². The molecule has 1 aromatic rings. The molecule has 6 nitrogen and oxygen atoms in total. The van der Waals surface area contributed by atoms with Gasteiger partial charge < -0.3 is 10.4 Å². The van der Waals surface area contributed by atoms with Crippen LogP contribution in [0.2, 0.25) is 0 Å². The topological polar surface area (TPSA) is 86.7 Å². The maximum absolute atomic E-state index is 12.3. The van der Waals surface area contributed by atoms with E-state index in [-0.39, 0.29) is 29.3 Å². The van der Waals surface area contributed by atoms with Crippen molar-refractivity contribution in [2.45, 2.75) is 17.8 Å². The Balaban J connectivity index is 1.69. The van der Waals surface area contributed by atoms with Crippen LogP contribution in [0.1, 0.15) is 4.88 Å². The van der Waals surface area contributed by atoms with E-state index in [1.807, 2.05) is 17.5 Å². The lowest BCUT2D eigenvalue weighted by molar-refractivity contribution is -0.150. The highest BCUT2D eigenvalue weighted by Crippen LogP contribution is 2.40. The summed E-state index contributed by atoms with van der Waals surface area (Å²) >= 11 is 5.08. The van der Waals surface area contributed by atoms with Crippen LogP contribution in [-0.4, -0.2) is 49.4 Å². The van der Waals surface area contributed by atoms with Gasteiger partial charge in [-0.25, -0.2) is 4.79 Å². The number of amides is 2. The highest BCUT2D eigenvalue weighted by molar-refractivity contribution is 14.1. The Hall–Kier alpha value is -1.07. The van der Waals surface area contributed by atoms with Crippen LogP contribution in [-0.2, 0) is 20.8 Å². The molecule has 2 aliphatic rings. The number of nitrogens with one attached hydrogen (secondary N) is 1. The second-order valence-corrected chi connectivity index (χ2v) is 8.00. The van der Waals surface area contributed by atoms with Crippen molar-refractivity contribution < 1.29 is 19.5 Å². The summed E-state index contributed by atoms with van der Waals surface area (Å²) in [6.45, 7) is 0. The van der Waals surface area contributed by atoms with Gasteiger partial charge in [-0.1, -0.05) is 28.7 Å². The summed E-state index contributed by atoms with van der Waals surface area (Å²) in [7, 11) is 0. The van der Waals surface area contributed by atoms with E-state index < -0.39 is 12.0 Å². The van der Waals surface area contributed by atoms with E-state index in [1.54, 1.807) is 0 Å². The number of aliphatic carboxylic acids is 1. The van der Waals surface area contributed by atoms with Crippen LogP contribution in [0.3, 0.4) is 0 Å². The molecule has 0 bridgehead atoms. The summed E-state index contributed by atoms with van der Waals surface area (Å²) in [5, 5.41) is 13.7. The van der Waals surface area contributed by atoms with E-state index in [2.05, 4.69) is 27.9 Å². The number of thioether (sulfide) groups is 1. The van der Waals surface area contributed by atoms with Gasteiger partial charge >= 0.3 is 5.97 Å². The molecule has 0 unspecified atom stereocenters. The van der Waals surface area contributed by atoms with Crippen molar-refractivity contribution in [2.75, 3.05) is 10.2 Å². The number of hydrogen-bond acceptors (Lipinski definition) is 5.